The quantitative estimate of drug-likeness (QED) is 0.672. The Balaban J connectivity index is 2.40. The Bertz CT molecular complexity index is 127. The molecule has 1 atom stereocenters. The van der Waals surface area contributed by atoms with E-state index in [4.69, 9.17) is 9.84 Å². The van der Waals surface area contributed by atoms with Gasteiger partial charge in [0.2, 0.25) is 0 Å². The number of rotatable bonds is 5. The van der Waals surface area contributed by atoms with Gasteiger partial charge in [-0.3, -0.25) is 0 Å². The summed E-state index contributed by atoms with van der Waals surface area (Å²) in [6.45, 7) is 2.15. The summed E-state index contributed by atoms with van der Waals surface area (Å²) >= 11 is 0. The van der Waals surface area contributed by atoms with Gasteiger partial charge in [-0.15, -0.1) is 0 Å². The molecule has 13 heavy (non-hydrogen) atoms. The minimum atomic E-state index is 0.149. The van der Waals surface area contributed by atoms with Gasteiger partial charge in [0.05, 0.1) is 6.61 Å². The molecule has 0 bridgehead atoms. The third kappa shape index (κ3) is 3.25. The minimum absolute atomic E-state index is 0.149. The first-order valence-corrected chi connectivity index (χ1v) is 5.18. The molecule has 0 aromatic heterocycles. The number of nitrogens with one attached hydrogen (secondary N) is 1. The van der Waals surface area contributed by atoms with Crippen LogP contribution in [0.15, 0.2) is 0 Å². The van der Waals surface area contributed by atoms with Gasteiger partial charge in [0.25, 0.3) is 0 Å². The maximum absolute atomic E-state index is 8.81. The van der Waals surface area contributed by atoms with E-state index in [9.17, 15) is 0 Å². The van der Waals surface area contributed by atoms with Crippen LogP contribution in [0.3, 0.4) is 0 Å². The van der Waals surface area contributed by atoms with Crippen LogP contribution in [0.1, 0.15) is 32.1 Å². The van der Waals surface area contributed by atoms with Crippen molar-refractivity contribution >= 4 is 0 Å². The highest BCUT2D eigenvalue weighted by Gasteiger charge is 2.30. The fourth-order valence-electron chi connectivity index (χ4n) is 2.13. The van der Waals surface area contributed by atoms with Gasteiger partial charge in [0.15, 0.2) is 0 Å². The molecular formula is C10H21NO2. The minimum Gasteiger partial charge on any atom is -0.396 e. The molecule has 1 heterocycles. The van der Waals surface area contributed by atoms with Crippen molar-refractivity contribution < 1.29 is 9.84 Å². The van der Waals surface area contributed by atoms with Gasteiger partial charge in [-0.25, -0.2) is 0 Å². The van der Waals surface area contributed by atoms with Crippen molar-refractivity contribution in [3.05, 3.63) is 0 Å². The van der Waals surface area contributed by atoms with Crippen LogP contribution in [0.2, 0.25) is 0 Å². The third-order valence-electron chi connectivity index (χ3n) is 2.82. The number of aliphatic hydroxyl groups excluding tert-OH is 1. The summed E-state index contributed by atoms with van der Waals surface area (Å²) in [5.74, 6) is 0. The molecule has 0 spiro atoms. The molecule has 1 saturated heterocycles. The molecule has 0 aromatic carbocycles. The molecule has 0 aromatic rings. The Morgan fingerprint density at radius 1 is 1.46 bits per heavy atom. The monoisotopic (exact) mass is 187 g/mol. The molecule has 1 fully saturated rings. The van der Waals surface area contributed by atoms with Crippen molar-refractivity contribution in [3.63, 3.8) is 0 Å². The standard InChI is InChI=1S/C10H21NO2/c1-13-9-10(6-4-8-12)5-2-3-7-11-10/h11-12H,2-9H2,1H3. The van der Waals surface area contributed by atoms with Crippen molar-refractivity contribution in [3.8, 4) is 0 Å². The highest BCUT2D eigenvalue weighted by molar-refractivity contribution is 4.90. The second-order valence-electron chi connectivity index (χ2n) is 3.92. The van der Waals surface area contributed by atoms with Crippen molar-refractivity contribution in [2.45, 2.75) is 37.6 Å². The summed E-state index contributed by atoms with van der Waals surface area (Å²) in [6, 6.07) is 0. The molecule has 1 aliphatic rings. The van der Waals surface area contributed by atoms with Gasteiger partial charge < -0.3 is 15.2 Å². The lowest BCUT2D eigenvalue weighted by Gasteiger charge is -2.38. The Hall–Kier alpha value is -0.120. The van der Waals surface area contributed by atoms with Crippen LogP contribution in [0.25, 0.3) is 0 Å². The zero-order chi connectivity index (χ0) is 9.57. The van der Waals surface area contributed by atoms with E-state index < -0.39 is 0 Å². The summed E-state index contributed by atoms with van der Waals surface area (Å²) in [5, 5.41) is 12.3. The van der Waals surface area contributed by atoms with Crippen LogP contribution < -0.4 is 5.32 Å². The Kier molecular flexibility index (Phi) is 4.70. The number of aliphatic hydroxyl groups is 1. The number of ether oxygens (including phenoxy) is 1. The molecule has 1 rings (SSSR count). The average molecular weight is 187 g/mol. The lowest BCUT2D eigenvalue weighted by Crippen LogP contribution is -2.51. The van der Waals surface area contributed by atoms with Crippen LogP contribution in [-0.4, -0.2) is 37.5 Å². The fraction of sp³-hybridized carbons (Fsp3) is 1.00. The molecule has 0 amide bonds. The molecule has 1 aliphatic heterocycles. The lowest BCUT2D eigenvalue weighted by molar-refractivity contribution is 0.0780. The van der Waals surface area contributed by atoms with Crippen molar-refractivity contribution in [1.29, 1.82) is 0 Å². The summed E-state index contributed by atoms with van der Waals surface area (Å²) in [7, 11) is 1.75. The first kappa shape index (κ1) is 11.0. The first-order valence-electron chi connectivity index (χ1n) is 5.18. The van der Waals surface area contributed by atoms with Crippen molar-refractivity contribution in [2.24, 2.45) is 0 Å². The number of methoxy groups -OCH3 is 1. The SMILES string of the molecule is COCC1(CCCO)CCCCN1. The molecule has 0 radical (unpaired) electrons. The number of piperidine rings is 1. The zero-order valence-corrected chi connectivity index (χ0v) is 8.51. The highest BCUT2D eigenvalue weighted by atomic mass is 16.5. The average Bonchev–Trinajstić information content (AvgIpc) is 2.17. The number of hydrogen-bond acceptors (Lipinski definition) is 3. The molecule has 3 nitrogen and oxygen atoms in total. The normalized spacial score (nSPS) is 29.1. The van der Waals surface area contributed by atoms with Crippen LogP contribution in [-0.2, 0) is 4.74 Å². The highest BCUT2D eigenvalue weighted by Crippen LogP contribution is 2.24. The summed E-state index contributed by atoms with van der Waals surface area (Å²) in [5.41, 5.74) is 0.149. The Morgan fingerprint density at radius 3 is 2.85 bits per heavy atom. The van der Waals surface area contributed by atoms with E-state index in [1.165, 1.54) is 19.3 Å². The topological polar surface area (TPSA) is 41.5 Å². The van der Waals surface area contributed by atoms with Gasteiger partial charge in [0.1, 0.15) is 0 Å². The van der Waals surface area contributed by atoms with Crippen LogP contribution in [0, 0.1) is 0 Å². The van der Waals surface area contributed by atoms with Crippen LogP contribution >= 0.6 is 0 Å². The zero-order valence-electron chi connectivity index (χ0n) is 8.51. The maximum atomic E-state index is 8.81. The second-order valence-corrected chi connectivity index (χ2v) is 3.92. The molecule has 78 valence electrons. The largest absolute Gasteiger partial charge is 0.396 e. The van der Waals surface area contributed by atoms with Gasteiger partial charge >= 0.3 is 0 Å². The Labute approximate surface area is 80.5 Å². The molecule has 2 N–H and O–H groups in total. The van der Waals surface area contributed by atoms with Crippen molar-refractivity contribution in [2.75, 3.05) is 26.9 Å². The van der Waals surface area contributed by atoms with E-state index in [0.29, 0.717) is 0 Å². The van der Waals surface area contributed by atoms with Gasteiger partial charge in [0, 0.05) is 19.3 Å². The van der Waals surface area contributed by atoms with Crippen LogP contribution in [0.4, 0.5) is 0 Å². The van der Waals surface area contributed by atoms with E-state index in [1.807, 2.05) is 0 Å². The van der Waals surface area contributed by atoms with Gasteiger partial charge in [-0.2, -0.15) is 0 Å². The number of hydrogen-bond donors (Lipinski definition) is 2. The van der Waals surface area contributed by atoms with Gasteiger partial charge in [-0.1, -0.05) is 6.42 Å². The lowest BCUT2D eigenvalue weighted by atomic mass is 9.85. The van der Waals surface area contributed by atoms with Crippen molar-refractivity contribution in [1.82, 2.24) is 5.32 Å². The van der Waals surface area contributed by atoms with E-state index in [1.54, 1.807) is 7.11 Å². The maximum Gasteiger partial charge on any atom is 0.0644 e. The Morgan fingerprint density at radius 2 is 2.31 bits per heavy atom. The van der Waals surface area contributed by atoms with E-state index in [-0.39, 0.29) is 12.1 Å². The first-order chi connectivity index (χ1) is 6.33. The molecule has 0 aliphatic carbocycles. The molecule has 0 saturated carbocycles. The second kappa shape index (κ2) is 5.58. The predicted octanol–water partition coefficient (Wildman–Crippen LogP) is 0.918. The summed E-state index contributed by atoms with van der Waals surface area (Å²) in [4.78, 5) is 0. The summed E-state index contributed by atoms with van der Waals surface area (Å²) in [6.07, 6.45) is 5.63. The van der Waals surface area contributed by atoms with Crippen LogP contribution in [0.5, 0.6) is 0 Å². The predicted molar refractivity (Wildman–Crippen MR) is 52.8 cm³/mol. The van der Waals surface area contributed by atoms with E-state index in [2.05, 4.69) is 5.32 Å². The fourth-order valence-corrected chi connectivity index (χ4v) is 2.13. The smallest absolute Gasteiger partial charge is 0.0644 e. The van der Waals surface area contributed by atoms with E-state index in [0.717, 1.165) is 26.0 Å². The molecular weight excluding hydrogens is 166 g/mol. The third-order valence-corrected chi connectivity index (χ3v) is 2.82. The van der Waals surface area contributed by atoms with E-state index >= 15 is 0 Å². The molecule has 1 unspecified atom stereocenters. The summed E-state index contributed by atoms with van der Waals surface area (Å²) < 4.78 is 5.24. The van der Waals surface area contributed by atoms with Gasteiger partial charge in [-0.05, 0) is 32.2 Å². The molecule has 3 heteroatoms.